The van der Waals surface area contributed by atoms with Crippen LogP contribution in [0.4, 0.5) is 5.69 Å². The second-order valence-corrected chi connectivity index (χ2v) is 5.78. The molecule has 2 rings (SSSR count). The zero-order valence-corrected chi connectivity index (χ0v) is 13.1. The molecule has 6 nitrogen and oxygen atoms in total. The minimum Gasteiger partial charge on any atom is -0.370 e. The number of carbonyl (C=O) groups is 2. The molecule has 0 unspecified atom stereocenters. The van der Waals surface area contributed by atoms with Crippen LogP contribution in [0.5, 0.6) is 0 Å². The number of benzene rings is 1. The van der Waals surface area contributed by atoms with Crippen molar-refractivity contribution in [2.75, 3.05) is 31.1 Å². The zero-order chi connectivity index (χ0) is 16.1. The third-order valence-corrected chi connectivity index (χ3v) is 4.12. The molecule has 120 valence electrons. The molecule has 1 aliphatic rings. The Morgan fingerprint density at radius 1 is 1.18 bits per heavy atom. The largest absolute Gasteiger partial charge is 0.370 e. The molecule has 0 bridgehead atoms. The summed E-state index contributed by atoms with van der Waals surface area (Å²) in [6, 6.07) is 6.99. The minimum atomic E-state index is -0.667. The molecule has 0 spiro atoms. The molecule has 0 aromatic heterocycles. The number of hydrogen-bond donors (Lipinski definition) is 2. The van der Waals surface area contributed by atoms with Gasteiger partial charge >= 0.3 is 0 Å². The van der Waals surface area contributed by atoms with Crippen molar-refractivity contribution >= 4 is 29.1 Å². The minimum absolute atomic E-state index is 0.125. The van der Waals surface area contributed by atoms with Gasteiger partial charge in [-0.25, -0.2) is 0 Å². The molecule has 1 saturated heterocycles. The number of anilines is 1. The maximum absolute atomic E-state index is 12.2. The van der Waals surface area contributed by atoms with Crippen LogP contribution in [0.25, 0.3) is 0 Å². The van der Waals surface area contributed by atoms with Crippen LogP contribution in [0.15, 0.2) is 24.3 Å². The van der Waals surface area contributed by atoms with Crippen LogP contribution >= 0.6 is 11.6 Å². The van der Waals surface area contributed by atoms with E-state index in [-0.39, 0.29) is 12.3 Å². The van der Waals surface area contributed by atoms with E-state index >= 15 is 0 Å². The molecule has 7 heteroatoms. The summed E-state index contributed by atoms with van der Waals surface area (Å²) in [5.41, 5.74) is 11.9. The van der Waals surface area contributed by atoms with Gasteiger partial charge in [0.05, 0.1) is 16.8 Å². The number of para-hydroxylation sites is 1. The van der Waals surface area contributed by atoms with Gasteiger partial charge in [-0.3, -0.25) is 9.59 Å². The first-order valence-corrected chi connectivity index (χ1v) is 7.69. The van der Waals surface area contributed by atoms with E-state index in [9.17, 15) is 9.59 Å². The average Bonchev–Trinajstić information content (AvgIpc) is 2.52. The van der Waals surface area contributed by atoms with Gasteiger partial charge in [-0.15, -0.1) is 0 Å². The lowest BCUT2D eigenvalue weighted by atomic mass is 10.1. The highest BCUT2D eigenvalue weighted by Crippen LogP contribution is 2.26. The number of amides is 2. The highest BCUT2D eigenvalue weighted by atomic mass is 35.5. The number of nitrogens with two attached hydrogens (primary N) is 2. The Hall–Kier alpha value is -1.79. The van der Waals surface area contributed by atoms with Crippen molar-refractivity contribution in [1.82, 2.24) is 4.90 Å². The van der Waals surface area contributed by atoms with Gasteiger partial charge in [0.15, 0.2) is 0 Å². The molecule has 1 fully saturated rings. The third kappa shape index (κ3) is 4.11. The summed E-state index contributed by atoms with van der Waals surface area (Å²) in [5, 5.41) is 0.709. The van der Waals surface area contributed by atoms with Gasteiger partial charge in [-0.05, 0) is 18.6 Å². The predicted molar refractivity (Wildman–Crippen MR) is 86.6 cm³/mol. The van der Waals surface area contributed by atoms with Crippen LogP contribution in [0, 0.1) is 0 Å². The van der Waals surface area contributed by atoms with Crippen LogP contribution in [-0.2, 0) is 9.59 Å². The summed E-state index contributed by atoms with van der Waals surface area (Å²) in [4.78, 5) is 26.9. The number of rotatable bonds is 5. The van der Waals surface area contributed by atoms with E-state index in [1.807, 2.05) is 24.3 Å². The lowest BCUT2D eigenvalue weighted by Crippen LogP contribution is -2.53. The normalized spacial score (nSPS) is 16.5. The van der Waals surface area contributed by atoms with Crippen LogP contribution < -0.4 is 16.4 Å². The Labute approximate surface area is 135 Å². The summed E-state index contributed by atoms with van der Waals surface area (Å²) in [6.07, 6.45) is 0.422. The van der Waals surface area contributed by atoms with Gasteiger partial charge in [-0.1, -0.05) is 23.7 Å². The molecular formula is C15H21ClN4O2. The smallest absolute Gasteiger partial charge is 0.239 e. The molecule has 0 aliphatic carbocycles. The van der Waals surface area contributed by atoms with E-state index in [0.29, 0.717) is 37.6 Å². The molecule has 1 heterocycles. The fraction of sp³-hybridized carbons (Fsp3) is 0.467. The Kier molecular flexibility index (Phi) is 5.63. The first-order valence-electron chi connectivity index (χ1n) is 7.31. The summed E-state index contributed by atoms with van der Waals surface area (Å²) >= 11 is 6.19. The van der Waals surface area contributed by atoms with E-state index in [0.717, 1.165) is 5.69 Å². The van der Waals surface area contributed by atoms with Crippen LogP contribution in [-0.4, -0.2) is 48.9 Å². The Morgan fingerprint density at radius 3 is 2.41 bits per heavy atom. The van der Waals surface area contributed by atoms with Crippen LogP contribution in [0.3, 0.4) is 0 Å². The van der Waals surface area contributed by atoms with E-state index in [1.54, 1.807) is 4.90 Å². The maximum atomic E-state index is 12.2. The molecule has 1 atom stereocenters. The number of halogens is 1. The van der Waals surface area contributed by atoms with E-state index in [1.165, 1.54) is 0 Å². The molecule has 4 N–H and O–H groups in total. The average molecular weight is 325 g/mol. The fourth-order valence-corrected chi connectivity index (χ4v) is 2.79. The van der Waals surface area contributed by atoms with Gasteiger partial charge in [0, 0.05) is 32.6 Å². The third-order valence-electron chi connectivity index (χ3n) is 3.80. The van der Waals surface area contributed by atoms with Crippen molar-refractivity contribution < 1.29 is 9.59 Å². The van der Waals surface area contributed by atoms with Gasteiger partial charge in [0.1, 0.15) is 0 Å². The standard InChI is InChI=1S/C15H21ClN4O2/c16-11-3-1-2-4-13(11)19-7-9-20(10-8-19)15(22)12(17)5-6-14(18)21/h1-4,12H,5-10,17H2,(H2,18,21)/t12-/m0/s1. The lowest BCUT2D eigenvalue weighted by molar-refractivity contribution is -0.133. The molecular weight excluding hydrogens is 304 g/mol. The predicted octanol–water partition coefficient (Wildman–Crippen LogP) is 0.581. The van der Waals surface area contributed by atoms with Crippen LogP contribution in [0.2, 0.25) is 5.02 Å². The van der Waals surface area contributed by atoms with Gasteiger partial charge in [-0.2, -0.15) is 0 Å². The molecule has 1 aliphatic heterocycles. The van der Waals surface area contributed by atoms with E-state index < -0.39 is 11.9 Å². The van der Waals surface area contributed by atoms with E-state index in [4.69, 9.17) is 23.1 Å². The highest BCUT2D eigenvalue weighted by Gasteiger charge is 2.26. The molecule has 0 saturated carbocycles. The number of carbonyl (C=O) groups excluding carboxylic acids is 2. The van der Waals surface area contributed by atoms with Gasteiger partial charge in [0.2, 0.25) is 11.8 Å². The number of hydrogen-bond acceptors (Lipinski definition) is 4. The highest BCUT2D eigenvalue weighted by molar-refractivity contribution is 6.33. The van der Waals surface area contributed by atoms with Gasteiger partial charge in [0.25, 0.3) is 0 Å². The Bertz CT molecular complexity index is 544. The van der Waals surface area contributed by atoms with Crippen molar-refractivity contribution in [3.8, 4) is 0 Å². The fourth-order valence-electron chi connectivity index (χ4n) is 2.53. The maximum Gasteiger partial charge on any atom is 0.239 e. The van der Waals surface area contributed by atoms with E-state index in [2.05, 4.69) is 4.90 Å². The Balaban J connectivity index is 1.88. The quantitative estimate of drug-likeness (QED) is 0.828. The summed E-state index contributed by atoms with van der Waals surface area (Å²) in [7, 11) is 0. The van der Waals surface area contributed by atoms with Crippen molar-refractivity contribution in [1.29, 1.82) is 0 Å². The summed E-state index contributed by atoms with van der Waals surface area (Å²) in [6.45, 7) is 2.60. The van der Waals surface area contributed by atoms with Crippen molar-refractivity contribution in [2.24, 2.45) is 11.5 Å². The monoisotopic (exact) mass is 324 g/mol. The first kappa shape index (κ1) is 16.6. The molecule has 2 amide bonds. The van der Waals surface area contributed by atoms with Crippen molar-refractivity contribution in [3.63, 3.8) is 0 Å². The van der Waals surface area contributed by atoms with Crippen LogP contribution in [0.1, 0.15) is 12.8 Å². The second kappa shape index (κ2) is 7.47. The van der Waals surface area contributed by atoms with Crippen molar-refractivity contribution in [3.05, 3.63) is 29.3 Å². The molecule has 1 aromatic rings. The number of primary amides is 1. The number of nitrogens with zero attached hydrogens (tertiary/aromatic N) is 2. The first-order chi connectivity index (χ1) is 10.5. The Morgan fingerprint density at radius 2 is 1.82 bits per heavy atom. The zero-order valence-electron chi connectivity index (χ0n) is 12.4. The SMILES string of the molecule is NC(=O)CC[C@H](N)C(=O)N1CCN(c2ccccc2Cl)CC1. The van der Waals surface area contributed by atoms with Gasteiger partial charge < -0.3 is 21.3 Å². The topological polar surface area (TPSA) is 92.7 Å². The molecule has 22 heavy (non-hydrogen) atoms. The second-order valence-electron chi connectivity index (χ2n) is 5.38. The molecule has 0 radical (unpaired) electrons. The van der Waals surface area contributed by atoms with Crippen molar-refractivity contribution in [2.45, 2.75) is 18.9 Å². The number of piperazine rings is 1. The lowest BCUT2D eigenvalue weighted by Gasteiger charge is -2.37. The summed E-state index contributed by atoms with van der Waals surface area (Å²) < 4.78 is 0. The summed E-state index contributed by atoms with van der Waals surface area (Å²) in [5.74, 6) is -0.563. The molecule has 1 aromatic carbocycles.